The Morgan fingerprint density at radius 2 is 1.92 bits per heavy atom. The summed E-state index contributed by atoms with van der Waals surface area (Å²) in [6.45, 7) is 0. The summed E-state index contributed by atoms with van der Waals surface area (Å²) in [5.41, 5.74) is 4.21. The van der Waals surface area contributed by atoms with Crippen molar-refractivity contribution in [3.05, 3.63) is 70.4 Å². The molecule has 3 aromatic rings. The normalized spacial score (nSPS) is 19.9. The van der Waals surface area contributed by atoms with Gasteiger partial charge >= 0.3 is 5.97 Å². The molecule has 0 amide bonds. The largest absolute Gasteiger partial charge is 0.468 e. The van der Waals surface area contributed by atoms with Crippen LogP contribution in [0.1, 0.15) is 22.9 Å². The number of benzene rings is 2. The first-order chi connectivity index (χ1) is 11.7. The van der Waals surface area contributed by atoms with Gasteiger partial charge in [0.2, 0.25) is 0 Å². The van der Waals surface area contributed by atoms with Crippen LogP contribution in [-0.2, 0) is 16.0 Å². The lowest BCUT2D eigenvalue weighted by Gasteiger charge is -2.30. The first kappa shape index (κ1) is 15.2. The van der Waals surface area contributed by atoms with Crippen LogP contribution in [0.2, 0.25) is 5.02 Å². The van der Waals surface area contributed by atoms with Crippen molar-refractivity contribution in [1.29, 1.82) is 0 Å². The van der Waals surface area contributed by atoms with E-state index in [2.05, 4.69) is 16.4 Å². The lowest BCUT2D eigenvalue weighted by molar-refractivity contribution is -0.143. The molecule has 0 fully saturated rings. The molecule has 1 aliphatic rings. The van der Waals surface area contributed by atoms with Crippen LogP contribution < -0.4 is 5.32 Å². The first-order valence-electron chi connectivity index (χ1n) is 7.87. The first-order valence-corrected chi connectivity index (χ1v) is 8.24. The van der Waals surface area contributed by atoms with E-state index in [1.807, 2.05) is 42.5 Å². The van der Waals surface area contributed by atoms with Crippen molar-refractivity contribution in [3.8, 4) is 0 Å². The summed E-state index contributed by atoms with van der Waals surface area (Å²) in [4.78, 5) is 15.7. The maximum atomic E-state index is 12.2. The lowest BCUT2D eigenvalue weighted by Crippen LogP contribution is -2.45. The number of nitrogens with one attached hydrogen (secondary N) is 2. The molecule has 4 nitrogen and oxygen atoms in total. The van der Waals surface area contributed by atoms with E-state index in [0.717, 1.165) is 27.7 Å². The van der Waals surface area contributed by atoms with E-state index in [1.54, 1.807) is 0 Å². The molecule has 2 aromatic carbocycles. The smallest absolute Gasteiger partial charge is 0.323 e. The molecule has 1 aromatic heterocycles. The number of H-pyrrole nitrogens is 1. The molecular formula is C19H17ClN2O2. The SMILES string of the molecule is COC(=O)C1Cc2c([nH]c3ccccc23)C(c2ccccc2Cl)N1. The van der Waals surface area contributed by atoms with E-state index in [9.17, 15) is 4.79 Å². The van der Waals surface area contributed by atoms with Gasteiger partial charge in [-0.1, -0.05) is 48.0 Å². The van der Waals surface area contributed by atoms with Gasteiger partial charge in [0.05, 0.1) is 13.2 Å². The average molecular weight is 341 g/mol. The van der Waals surface area contributed by atoms with Gasteiger partial charge in [0.1, 0.15) is 6.04 Å². The van der Waals surface area contributed by atoms with Crippen LogP contribution in [0, 0.1) is 0 Å². The second-order valence-corrected chi connectivity index (χ2v) is 6.37. The van der Waals surface area contributed by atoms with E-state index in [1.165, 1.54) is 7.11 Å². The number of para-hydroxylation sites is 1. The third kappa shape index (κ3) is 2.39. The number of hydrogen-bond acceptors (Lipinski definition) is 3. The molecule has 5 heteroatoms. The Morgan fingerprint density at radius 1 is 1.17 bits per heavy atom. The van der Waals surface area contributed by atoms with Crippen molar-refractivity contribution >= 4 is 28.5 Å². The van der Waals surface area contributed by atoms with Gasteiger partial charge in [-0.2, -0.15) is 0 Å². The highest BCUT2D eigenvalue weighted by molar-refractivity contribution is 6.31. The Bertz CT molecular complexity index is 919. The topological polar surface area (TPSA) is 54.1 Å². The van der Waals surface area contributed by atoms with Crippen LogP contribution in [0.4, 0.5) is 0 Å². The van der Waals surface area contributed by atoms with Gasteiger partial charge < -0.3 is 9.72 Å². The molecule has 2 N–H and O–H groups in total. The van der Waals surface area contributed by atoms with Crippen LogP contribution >= 0.6 is 11.6 Å². The molecule has 0 spiro atoms. The molecular weight excluding hydrogens is 324 g/mol. The zero-order chi connectivity index (χ0) is 16.7. The third-order valence-electron chi connectivity index (χ3n) is 4.61. The predicted molar refractivity (Wildman–Crippen MR) is 94.2 cm³/mol. The van der Waals surface area contributed by atoms with Crippen LogP contribution in [0.3, 0.4) is 0 Å². The maximum Gasteiger partial charge on any atom is 0.323 e. The molecule has 24 heavy (non-hydrogen) atoms. The van der Waals surface area contributed by atoms with Gasteiger partial charge in [0.25, 0.3) is 0 Å². The highest BCUT2D eigenvalue weighted by Crippen LogP contribution is 2.37. The molecule has 0 saturated carbocycles. The van der Waals surface area contributed by atoms with E-state index in [0.29, 0.717) is 11.4 Å². The van der Waals surface area contributed by atoms with Crippen LogP contribution in [0.5, 0.6) is 0 Å². The highest BCUT2D eigenvalue weighted by Gasteiger charge is 2.35. The summed E-state index contributed by atoms with van der Waals surface area (Å²) >= 11 is 6.41. The van der Waals surface area contributed by atoms with Gasteiger partial charge in [0, 0.05) is 28.0 Å². The van der Waals surface area contributed by atoms with Crippen LogP contribution in [0.25, 0.3) is 10.9 Å². The monoisotopic (exact) mass is 340 g/mol. The number of esters is 1. The summed E-state index contributed by atoms with van der Waals surface area (Å²) in [5.74, 6) is -0.261. The van der Waals surface area contributed by atoms with Gasteiger partial charge in [-0.15, -0.1) is 0 Å². The van der Waals surface area contributed by atoms with Crippen molar-refractivity contribution in [3.63, 3.8) is 0 Å². The molecule has 122 valence electrons. The molecule has 2 heterocycles. The Kier molecular flexibility index (Phi) is 3.79. The zero-order valence-corrected chi connectivity index (χ0v) is 13.9. The Balaban J connectivity index is 1.90. The Hall–Kier alpha value is -2.30. The number of methoxy groups -OCH3 is 1. The summed E-state index contributed by atoms with van der Waals surface area (Å²) in [7, 11) is 1.42. The summed E-state index contributed by atoms with van der Waals surface area (Å²) in [6, 6.07) is 15.2. The number of carbonyl (C=O) groups excluding carboxylic acids is 1. The zero-order valence-electron chi connectivity index (χ0n) is 13.2. The minimum Gasteiger partial charge on any atom is -0.468 e. The van der Waals surface area contributed by atoms with Gasteiger partial charge in [0.15, 0.2) is 0 Å². The van der Waals surface area contributed by atoms with E-state index in [-0.39, 0.29) is 12.0 Å². The lowest BCUT2D eigenvalue weighted by atomic mass is 9.90. The summed E-state index contributed by atoms with van der Waals surface area (Å²) < 4.78 is 4.96. The maximum absolute atomic E-state index is 12.2. The molecule has 0 radical (unpaired) electrons. The van der Waals surface area contributed by atoms with Crippen LogP contribution in [-0.4, -0.2) is 24.1 Å². The molecule has 0 aliphatic carbocycles. The quantitative estimate of drug-likeness (QED) is 0.701. The van der Waals surface area contributed by atoms with Crippen molar-refractivity contribution in [2.24, 2.45) is 0 Å². The molecule has 0 saturated heterocycles. The fourth-order valence-corrected chi connectivity index (χ4v) is 3.73. The van der Waals surface area contributed by atoms with E-state index in [4.69, 9.17) is 16.3 Å². The second-order valence-electron chi connectivity index (χ2n) is 5.96. The third-order valence-corrected chi connectivity index (χ3v) is 4.96. The molecule has 4 rings (SSSR count). The minimum absolute atomic E-state index is 0.182. The molecule has 2 atom stereocenters. The number of halogens is 1. The van der Waals surface area contributed by atoms with Crippen LogP contribution in [0.15, 0.2) is 48.5 Å². The Labute approximate surface area is 144 Å². The number of fused-ring (bicyclic) bond motifs is 3. The average Bonchev–Trinajstić information content (AvgIpc) is 2.99. The Morgan fingerprint density at radius 3 is 2.71 bits per heavy atom. The summed E-state index contributed by atoms with van der Waals surface area (Å²) in [6.07, 6.45) is 0.590. The van der Waals surface area contributed by atoms with Gasteiger partial charge in [-0.05, 0) is 23.3 Å². The number of hydrogen-bond donors (Lipinski definition) is 2. The number of ether oxygens (including phenoxy) is 1. The standard InChI is InChI=1S/C19H17ClN2O2/c1-24-19(23)16-10-13-11-6-3-5-9-15(11)21-18(13)17(22-16)12-7-2-4-8-14(12)20/h2-9,16-17,21-22H,10H2,1H3. The number of aromatic amines is 1. The summed E-state index contributed by atoms with van der Waals surface area (Å²) in [5, 5.41) is 5.20. The fourth-order valence-electron chi connectivity index (χ4n) is 3.48. The minimum atomic E-state index is -0.400. The van der Waals surface area contributed by atoms with Crippen molar-refractivity contribution in [2.45, 2.75) is 18.5 Å². The van der Waals surface area contributed by atoms with Gasteiger partial charge in [-0.3, -0.25) is 10.1 Å². The number of carbonyl (C=O) groups is 1. The highest BCUT2D eigenvalue weighted by atomic mass is 35.5. The van der Waals surface area contributed by atoms with Gasteiger partial charge in [-0.25, -0.2) is 0 Å². The molecule has 1 aliphatic heterocycles. The van der Waals surface area contributed by atoms with E-state index < -0.39 is 6.04 Å². The number of rotatable bonds is 2. The van der Waals surface area contributed by atoms with Crippen molar-refractivity contribution in [2.75, 3.05) is 7.11 Å². The molecule has 0 bridgehead atoms. The molecule has 2 unspecified atom stereocenters. The number of aromatic nitrogens is 1. The van der Waals surface area contributed by atoms with E-state index >= 15 is 0 Å². The second kappa shape index (κ2) is 5.96. The van der Waals surface area contributed by atoms with Crippen molar-refractivity contribution < 1.29 is 9.53 Å². The predicted octanol–water partition coefficient (Wildman–Crippen LogP) is 3.60. The fraction of sp³-hybridized carbons (Fsp3) is 0.211. The van der Waals surface area contributed by atoms with Crippen molar-refractivity contribution in [1.82, 2.24) is 10.3 Å².